The normalized spacial score (nSPS) is 12.5. The van der Waals surface area contributed by atoms with Gasteiger partial charge in [-0.1, -0.05) is 30.3 Å². The molecule has 0 spiro atoms. The molecule has 1 atom stereocenters. The quantitative estimate of drug-likeness (QED) is 0.642. The van der Waals surface area contributed by atoms with Crippen molar-refractivity contribution in [3.8, 4) is 11.3 Å². The lowest BCUT2D eigenvalue weighted by atomic mass is 10.1. The Labute approximate surface area is 145 Å². The van der Waals surface area contributed by atoms with Crippen LogP contribution in [0.15, 0.2) is 42.0 Å². The first-order valence-electron chi connectivity index (χ1n) is 7.72. The molecule has 0 N–H and O–H groups in total. The van der Waals surface area contributed by atoms with E-state index in [0.29, 0.717) is 0 Å². The molecule has 0 fully saturated rings. The number of nitrogens with zero attached hydrogens (tertiary/aromatic N) is 3. The van der Waals surface area contributed by atoms with E-state index in [1.165, 1.54) is 11.3 Å². The number of hydrogen-bond donors (Lipinski definition) is 0. The number of thiazole rings is 1. The highest BCUT2D eigenvalue weighted by Gasteiger charge is 2.18. The van der Waals surface area contributed by atoms with Crippen molar-refractivity contribution in [3.05, 3.63) is 58.4 Å². The lowest BCUT2D eigenvalue weighted by molar-refractivity contribution is 0.599. The van der Waals surface area contributed by atoms with Crippen molar-refractivity contribution >= 4 is 23.1 Å². The summed E-state index contributed by atoms with van der Waals surface area (Å²) in [7, 11) is 0. The average Bonchev–Trinajstić information content (AvgIpc) is 3.19. The number of aromatic nitrogens is 3. The second kappa shape index (κ2) is 7.32. The first-order valence-corrected chi connectivity index (χ1v) is 10.00. The molecule has 3 rings (SSSR count). The van der Waals surface area contributed by atoms with E-state index in [1.54, 1.807) is 11.3 Å². The number of thioether (sulfide) groups is 1. The largest absolute Gasteiger partial charge is 0.325 e. The van der Waals surface area contributed by atoms with Crippen molar-refractivity contribution in [3.63, 3.8) is 0 Å². The van der Waals surface area contributed by atoms with Gasteiger partial charge in [-0.2, -0.15) is 11.8 Å². The Hall–Kier alpha value is -1.59. The third-order valence-corrected chi connectivity index (χ3v) is 5.37. The number of rotatable bonds is 6. The minimum atomic E-state index is 0.210. The van der Waals surface area contributed by atoms with Crippen molar-refractivity contribution < 1.29 is 0 Å². The zero-order valence-corrected chi connectivity index (χ0v) is 15.3. The monoisotopic (exact) mass is 343 g/mol. The molecule has 2 heterocycles. The second-order valence-electron chi connectivity index (χ2n) is 5.52. The Kier molecular flexibility index (Phi) is 5.18. The maximum atomic E-state index is 4.72. The van der Waals surface area contributed by atoms with Gasteiger partial charge in [-0.15, -0.1) is 11.3 Å². The van der Waals surface area contributed by atoms with Gasteiger partial charge in [0.1, 0.15) is 0 Å². The van der Waals surface area contributed by atoms with Gasteiger partial charge in [0.2, 0.25) is 0 Å². The molecule has 1 aromatic carbocycles. The van der Waals surface area contributed by atoms with Crippen molar-refractivity contribution in [2.45, 2.75) is 26.3 Å². The predicted octanol–water partition coefficient (Wildman–Crippen LogP) is 4.83. The summed E-state index contributed by atoms with van der Waals surface area (Å²) in [5, 5.41) is 3.27. The first kappa shape index (κ1) is 16.3. The minimum Gasteiger partial charge on any atom is -0.325 e. The molecule has 0 aliphatic heterocycles. The number of benzene rings is 1. The Balaban J connectivity index is 2.01. The zero-order chi connectivity index (χ0) is 16.2. The van der Waals surface area contributed by atoms with Crippen LogP contribution >= 0.6 is 23.1 Å². The molecule has 0 aliphatic rings. The van der Waals surface area contributed by atoms with Crippen LogP contribution in [0.3, 0.4) is 0 Å². The summed E-state index contributed by atoms with van der Waals surface area (Å²) in [5.41, 5.74) is 4.70. The fraction of sp³-hybridized carbons (Fsp3) is 0.333. The van der Waals surface area contributed by atoms with Crippen LogP contribution in [-0.2, 0) is 6.42 Å². The summed E-state index contributed by atoms with van der Waals surface area (Å²) in [6.45, 7) is 4.26. The summed E-state index contributed by atoms with van der Waals surface area (Å²) in [6.07, 6.45) is 5.13. The second-order valence-corrected chi connectivity index (χ2v) is 7.57. The minimum absolute atomic E-state index is 0.210. The third kappa shape index (κ3) is 3.51. The maximum absolute atomic E-state index is 4.72. The summed E-state index contributed by atoms with van der Waals surface area (Å²) in [4.78, 5) is 9.38. The third-order valence-electron chi connectivity index (χ3n) is 3.97. The van der Waals surface area contributed by atoms with E-state index in [0.717, 1.165) is 28.6 Å². The lowest BCUT2D eigenvalue weighted by Gasteiger charge is -2.16. The Bertz CT molecular complexity index is 762. The first-order chi connectivity index (χ1) is 11.2. The average molecular weight is 344 g/mol. The molecule has 0 amide bonds. The van der Waals surface area contributed by atoms with Crippen LogP contribution in [0.4, 0.5) is 0 Å². The van der Waals surface area contributed by atoms with E-state index in [1.807, 2.05) is 24.2 Å². The molecule has 0 bridgehead atoms. The van der Waals surface area contributed by atoms with Crippen LogP contribution in [0.5, 0.6) is 0 Å². The molecule has 0 saturated carbocycles. The van der Waals surface area contributed by atoms with Gasteiger partial charge in [-0.3, -0.25) is 0 Å². The number of aryl methyl sites for hydroxylation is 1. The van der Waals surface area contributed by atoms with E-state index < -0.39 is 0 Å². The van der Waals surface area contributed by atoms with Gasteiger partial charge in [-0.05, 0) is 32.3 Å². The summed E-state index contributed by atoms with van der Waals surface area (Å²) in [6, 6.07) is 10.7. The summed E-state index contributed by atoms with van der Waals surface area (Å²) >= 11 is 3.57. The molecule has 5 heteroatoms. The van der Waals surface area contributed by atoms with Crippen molar-refractivity contribution in [1.82, 2.24) is 14.5 Å². The van der Waals surface area contributed by atoms with Gasteiger partial charge < -0.3 is 4.57 Å². The smallest absolute Gasteiger partial charge is 0.0962 e. The highest BCUT2D eigenvalue weighted by molar-refractivity contribution is 7.98. The summed E-state index contributed by atoms with van der Waals surface area (Å²) < 4.78 is 2.28. The van der Waals surface area contributed by atoms with Crippen LogP contribution < -0.4 is 0 Å². The van der Waals surface area contributed by atoms with Crippen LogP contribution in [-0.4, -0.2) is 26.5 Å². The number of imidazole rings is 1. The SMILES string of the molecule is CSCCc1c(-c2ccccc2)ncn1[C@H](C)c1csc(C)n1. The van der Waals surface area contributed by atoms with Gasteiger partial charge in [0.25, 0.3) is 0 Å². The molecular formula is C18H21N3S2. The molecule has 0 radical (unpaired) electrons. The van der Waals surface area contributed by atoms with Gasteiger partial charge >= 0.3 is 0 Å². The molecule has 3 aromatic rings. The Morgan fingerprint density at radius 3 is 2.70 bits per heavy atom. The molecule has 0 aliphatic carbocycles. The standard InChI is InChI=1S/C18H21N3S2/c1-13(16-11-23-14(2)20-16)21-12-19-18(17(21)9-10-22-3)15-7-5-4-6-8-15/h4-8,11-13H,9-10H2,1-3H3/t13-/m1/s1. The van der Waals surface area contributed by atoms with Gasteiger partial charge in [0.15, 0.2) is 0 Å². The molecule has 23 heavy (non-hydrogen) atoms. The van der Waals surface area contributed by atoms with Crippen molar-refractivity contribution in [2.24, 2.45) is 0 Å². The van der Waals surface area contributed by atoms with E-state index in [4.69, 9.17) is 4.98 Å². The van der Waals surface area contributed by atoms with Gasteiger partial charge in [0, 0.05) is 16.6 Å². The molecule has 120 valence electrons. The highest BCUT2D eigenvalue weighted by atomic mass is 32.2. The Morgan fingerprint density at radius 2 is 2.04 bits per heavy atom. The molecule has 0 unspecified atom stereocenters. The fourth-order valence-corrected chi connectivity index (χ4v) is 3.81. The van der Waals surface area contributed by atoms with Crippen LogP contribution in [0.25, 0.3) is 11.3 Å². The Morgan fingerprint density at radius 1 is 1.26 bits per heavy atom. The zero-order valence-electron chi connectivity index (χ0n) is 13.7. The van der Waals surface area contributed by atoms with E-state index in [2.05, 4.69) is 59.3 Å². The van der Waals surface area contributed by atoms with E-state index in [-0.39, 0.29) is 6.04 Å². The lowest BCUT2D eigenvalue weighted by Crippen LogP contribution is -2.11. The fourth-order valence-electron chi connectivity index (χ4n) is 2.72. The molecule has 0 saturated heterocycles. The molecule has 3 nitrogen and oxygen atoms in total. The van der Waals surface area contributed by atoms with Crippen LogP contribution in [0.2, 0.25) is 0 Å². The van der Waals surface area contributed by atoms with Crippen LogP contribution in [0.1, 0.15) is 29.4 Å². The topological polar surface area (TPSA) is 30.7 Å². The molecular weight excluding hydrogens is 322 g/mol. The highest BCUT2D eigenvalue weighted by Crippen LogP contribution is 2.28. The van der Waals surface area contributed by atoms with Crippen molar-refractivity contribution in [2.75, 3.05) is 12.0 Å². The van der Waals surface area contributed by atoms with E-state index in [9.17, 15) is 0 Å². The van der Waals surface area contributed by atoms with Crippen molar-refractivity contribution in [1.29, 1.82) is 0 Å². The summed E-state index contributed by atoms with van der Waals surface area (Å²) in [5.74, 6) is 1.09. The number of hydrogen-bond acceptors (Lipinski definition) is 4. The van der Waals surface area contributed by atoms with Gasteiger partial charge in [-0.25, -0.2) is 9.97 Å². The van der Waals surface area contributed by atoms with E-state index >= 15 is 0 Å². The predicted molar refractivity (Wildman–Crippen MR) is 100 cm³/mol. The van der Waals surface area contributed by atoms with Gasteiger partial charge in [0.05, 0.1) is 28.8 Å². The molecule has 2 aromatic heterocycles. The van der Waals surface area contributed by atoms with Crippen LogP contribution in [0, 0.1) is 6.92 Å². The maximum Gasteiger partial charge on any atom is 0.0962 e.